The molecule has 0 aliphatic heterocycles. The van der Waals surface area contributed by atoms with E-state index in [9.17, 15) is 13.2 Å². The van der Waals surface area contributed by atoms with Crippen molar-refractivity contribution in [2.45, 2.75) is 45.3 Å². The van der Waals surface area contributed by atoms with Crippen LogP contribution in [-0.4, -0.2) is 13.2 Å². The molecule has 1 N–H and O–H groups in total. The van der Waals surface area contributed by atoms with Crippen LogP contribution in [-0.2, 0) is 6.42 Å². The van der Waals surface area contributed by atoms with Gasteiger partial charge in [0.05, 0.1) is 0 Å². The Hall–Kier alpha value is -1.03. The molecule has 0 spiro atoms. The summed E-state index contributed by atoms with van der Waals surface area (Å²) in [6, 6.07) is 7.61. The molecule has 4 heteroatoms. The number of hydrogen-bond donors (Lipinski definition) is 1. The smallest absolute Gasteiger partial charge is 0.313 e. The van der Waals surface area contributed by atoms with Crippen LogP contribution in [0.25, 0.3) is 0 Å². The molecule has 1 atom stereocenters. The Bertz CT molecular complexity index is 385. The highest BCUT2D eigenvalue weighted by atomic mass is 19.4. The van der Waals surface area contributed by atoms with Crippen LogP contribution in [0.15, 0.2) is 24.3 Å². The van der Waals surface area contributed by atoms with Gasteiger partial charge in [0.1, 0.15) is 0 Å². The molecule has 19 heavy (non-hydrogen) atoms. The third kappa shape index (κ3) is 6.10. The predicted octanol–water partition coefficient (Wildman–Crippen LogP) is 4.49. The molecule has 0 aromatic heterocycles. The SMILES string of the molecule is CNC(CCC(F)(F)F)c1cccc(CC(C)C)c1. The van der Waals surface area contributed by atoms with Gasteiger partial charge in [0.15, 0.2) is 0 Å². The molecule has 1 aromatic carbocycles. The van der Waals surface area contributed by atoms with Crippen LogP contribution in [0.1, 0.15) is 43.9 Å². The number of hydrogen-bond acceptors (Lipinski definition) is 1. The molecule has 0 saturated heterocycles. The highest BCUT2D eigenvalue weighted by Gasteiger charge is 2.28. The first-order valence-corrected chi connectivity index (χ1v) is 6.64. The fourth-order valence-corrected chi connectivity index (χ4v) is 2.19. The Morgan fingerprint density at radius 1 is 1.21 bits per heavy atom. The lowest BCUT2D eigenvalue weighted by molar-refractivity contribution is -0.136. The van der Waals surface area contributed by atoms with Crippen LogP contribution in [0.3, 0.4) is 0 Å². The van der Waals surface area contributed by atoms with Crippen molar-refractivity contribution in [2.75, 3.05) is 7.05 Å². The van der Waals surface area contributed by atoms with E-state index < -0.39 is 12.6 Å². The predicted molar refractivity (Wildman–Crippen MR) is 72.1 cm³/mol. The molecule has 0 aliphatic carbocycles. The molecule has 0 heterocycles. The quantitative estimate of drug-likeness (QED) is 0.805. The van der Waals surface area contributed by atoms with Gasteiger partial charge < -0.3 is 5.32 Å². The maximum Gasteiger partial charge on any atom is 0.389 e. The van der Waals surface area contributed by atoms with Crippen LogP contribution in [0.2, 0.25) is 0 Å². The Labute approximate surface area is 113 Å². The van der Waals surface area contributed by atoms with Gasteiger partial charge in [-0.25, -0.2) is 0 Å². The molecule has 0 bridgehead atoms. The van der Waals surface area contributed by atoms with Gasteiger partial charge in [-0.1, -0.05) is 38.1 Å². The second kappa shape index (κ2) is 6.94. The van der Waals surface area contributed by atoms with Gasteiger partial charge in [-0.15, -0.1) is 0 Å². The van der Waals surface area contributed by atoms with E-state index >= 15 is 0 Å². The zero-order chi connectivity index (χ0) is 14.5. The normalized spacial score (nSPS) is 13.8. The largest absolute Gasteiger partial charge is 0.389 e. The zero-order valence-electron chi connectivity index (χ0n) is 11.7. The van der Waals surface area contributed by atoms with Crippen LogP contribution in [0.4, 0.5) is 13.2 Å². The van der Waals surface area contributed by atoms with Gasteiger partial charge in [-0.05, 0) is 36.9 Å². The van der Waals surface area contributed by atoms with Gasteiger partial charge in [0, 0.05) is 12.5 Å². The summed E-state index contributed by atoms with van der Waals surface area (Å²) in [5, 5.41) is 2.97. The number of alkyl halides is 3. The van der Waals surface area contributed by atoms with E-state index in [0.717, 1.165) is 12.0 Å². The molecule has 1 unspecified atom stereocenters. The average molecular weight is 273 g/mol. The first kappa shape index (κ1) is 16.0. The first-order chi connectivity index (χ1) is 8.81. The average Bonchev–Trinajstić information content (AvgIpc) is 2.28. The molecule has 0 aliphatic rings. The topological polar surface area (TPSA) is 12.0 Å². The van der Waals surface area contributed by atoms with Crippen molar-refractivity contribution in [1.29, 1.82) is 0 Å². The Balaban J connectivity index is 2.75. The van der Waals surface area contributed by atoms with Crippen molar-refractivity contribution >= 4 is 0 Å². The van der Waals surface area contributed by atoms with E-state index in [4.69, 9.17) is 0 Å². The fourth-order valence-electron chi connectivity index (χ4n) is 2.19. The molecule has 0 amide bonds. The Morgan fingerprint density at radius 3 is 2.42 bits per heavy atom. The van der Waals surface area contributed by atoms with E-state index in [2.05, 4.69) is 19.2 Å². The van der Waals surface area contributed by atoms with Gasteiger partial charge in [-0.2, -0.15) is 13.2 Å². The second-order valence-electron chi connectivity index (χ2n) is 5.34. The minimum Gasteiger partial charge on any atom is -0.313 e. The van der Waals surface area contributed by atoms with E-state index in [0.29, 0.717) is 5.92 Å². The summed E-state index contributed by atoms with van der Waals surface area (Å²) in [6.45, 7) is 4.26. The van der Waals surface area contributed by atoms with Crippen LogP contribution >= 0.6 is 0 Å². The molecule has 0 radical (unpaired) electrons. The zero-order valence-corrected chi connectivity index (χ0v) is 11.7. The molecule has 0 fully saturated rings. The first-order valence-electron chi connectivity index (χ1n) is 6.64. The third-order valence-corrected chi connectivity index (χ3v) is 3.06. The second-order valence-corrected chi connectivity index (χ2v) is 5.34. The third-order valence-electron chi connectivity index (χ3n) is 3.06. The van der Waals surface area contributed by atoms with Gasteiger partial charge >= 0.3 is 6.18 Å². The summed E-state index contributed by atoms with van der Waals surface area (Å²) in [4.78, 5) is 0. The molecule has 1 aromatic rings. The summed E-state index contributed by atoms with van der Waals surface area (Å²) in [5.74, 6) is 0.540. The number of halogens is 3. The maximum atomic E-state index is 12.3. The Kier molecular flexibility index (Phi) is 5.85. The minimum atomic E-state index is -4.09. The van der Waals surface area contributed by atoms with Crippen molar-refractivity contribution in [1.82, 2.24) is 5.32 Å². The van der Waals surface area contributed by atoms with Gasteiger partial charge in [0.25, 0.3) is 0 Å². The summed E-state index contributed by atoms with van der Waals surface area (Å²) in [6.07, 6.45) is -3.83. The fraction of sp³-hybridized carbons (Fsp3) is 0.600. The molecule has 1 rings (SSSR count). The van der Waals surface area contributed by atoms with Crippen molar-refractivity contribution in [3.63, 3.8) is 0 Å². The molecule has 0 saturated carbocycles. The molecular weight excluding hydrogens is 251 g/mol. The van der Waals surface area contributed by atoms with E-state index in [-0.39, 0.29) is 12.5 Å². The lowest BCUT2D eigenvalue weighted by atomic mass is 9.96. The number of benzene rings is 1. The van der Waals surface area contributed by atoms with Crippen molar-refractivity contribution in [2.24, 2.45) is 5.92 Å². The van der Waals surface area contributed by atoms with Crippen LogP contribution in [0, 0.1) is 5.92 Å². The summed E-state index contributed by atoms with van der Waals surface area (Å²) in [7, 11) is 1.70. The van der Waals surface area contributed by atoms with Crippen molar-refractivity contribution < 1.29 is 13.2 Å². The summed E-state index contributed by atoms with van der Waals surface area (Å²) >= 11 is 0. The van der Waals surface area contributed by atoms with Crippen molar-refractivity contribution in [3.8, 4) is 0 Å². The Morgan fingerprint density at radius 2 is 1.89 bits per heavy atom. The minimum absolute atomic E-state index is 0.0745. The number of rotatable bonds is 6. The van der Waals surface area contributed by atoms with E-state index in [1.165, 1.54) is 5.56 Å². The standard InChI is InChI=1S/C15H22F3N/c1-11(2)9-12-5-4-6-13(10-12)14(19-3)7-8-15(16,17)18/h4-6,10-11,14,19H,7-9H2,1-3H3. The maximum absolute atomic E-state index is 12.3. The summed E-state index contributed by atoms with van der Waals surface area (Å²) < 4.78 is 36.9. The highest BCUT2D eigenvalue weighted by Crippen LogP contribution is 2.28. The van der Waals surface area contributed by atoms with Gasteiger partial charge in [-0.3, -0.25) is 0 Å². The highest BCUT2D eigenvalue weighted by molar-refractivity contribution is 5.26. The van der Waals surface area contributed by atoms with E-state index in [1.807, 2.05) is 24.3 Å². The summed E-state index contributed by atoms with van der Waals surface area (Å²) in [5.41, 5.74) is 2.12. The molecule has 1 nitrogen and oxygen atoms in total. The van der Waals surface area contributed by atoms with E-state index in [1.54, 1.807) is 7.05 Å². The molecule has 108 valence electrons. The lowest BCUT2D eigenvalue weighted by Gasteiger charge is -2.18. The monoisotopic (exact) mass is 273 g/mol. The van der Waals surface area contributed by atoms with Crippen molar-refractivity contribution in [3.05, 3.63) is 35.4 Å². The van der Waals surface area contributed by atoms with Gasteiger partial charge in [0.2, 0.25) is 0 Å². The number of nitrogens with one attached hydrogen (secondary N) is 1. The van der Waals surface area contributed by atoms with Crippen LogP contribution < -0.4 is 5.32 Å². The van der Waals surface area contributed by atoms with Crippen LogP contribution in [0.5, 0.6) is 0 Å². The lowest BCUT2D eigenvalue weighted by Crippen LogP contribution is -2.19. The molecular formula is C15H22F3N.